The van der Waals surface area contributed by atoms with Crippen LogP contribution in [0, 0.1) is 11.8 Å². The van der Waals surface area contributed by atoms with Crippen molar-refractivity contribution in [3.8, 4) is 0 Å². The van der Waals surface area contributed by atoms with Gasteiger partial charge in [0.2, 0.25) is 0 Å². The van der Waals surface area contributed by atoms with Crippen molar-refractivity contribution in [2.45, 2.75) is 63.7 Å². The molecule has 1 aliphatic heterocycles. The molecule has 0 aromatic heterocycles. The summed E-state index contributed by atoms with van der Waals surface area (Å²) in [6.07, 6.45) is 0.212. The summed E-state index contributed by atoms with van der Waals surface area (Å²) in [6.45, 7) is 4.07. The topological polar surface area (TPSA) is 29.3 Å². The number of hydrogen-bond donors (Lipinski definition) is 1. The van der Waals surface area contributed by atoms with Gasteiger partial charge < -0.3 is 10.6 Å². The summed E-state index contributed by atoms with van der Waals surface area (Å²) in [5.74, 6) is -0.479. The summed E-state index contributed by atoms with van der Waals surface area (Å²) >= 11 is 0. The molecule has 1 atom stereocenters. The lowest BCUT2D eigenvalue weighted by atomic mass is 9.83. The zero-order valence-corrected chi connectivity index (χ0v) is 11.6. The molecule has 0 bridgehead atoms. The van der Waals surface area contributed by atoms with Crippen LogP contribution in [0.25, 0.3) is 0 Å². The maximum atomic E-state index is 12.6. The highest BCUT2D eigenvalue weighted by atomic mass is 19.4. The van der Waals surface area contributed by atoms with Crippen LogP contribution in [0.3, 0.4) is 0 Å². The van der Waals surface area contributed by atoms with E-state index in [0.29, 0.717) is 37.6 Å². The van der Waals surface area contributed by atoms with Crippen LogP contribution in [0.4, 0.5) is 13.2 Å². The second-order valence-corrected chi connectivity index (χ2v) is 6.28. The zero-order valence-electron chi connectivity index (χ0n) is 11.6. The predicted molar refractivity (Wildman–Crippen MR) is 69.7 cm³/mol. The van der Waals surface area contributed by atoms with Crippen molar-refractivity contribution in [3.05, 3.63) is 0 Å². The molecular weight excluding hydrogens is 253 g/mol. The summed E-state index contributed by atoms with van der Waals surface area (Å²) in [7, 11) is 0. The highest BCUT2D eigenvalue weighted by Gasteiger charge is 2.42. The van der Waals surface area contributed by atoms with Gasteiger partial charge in [0.05, 0.1) is 5.92 Å². The minimum Gasteiger partial charge on any atom is -0.328 e. The molecule has 112 valence electrons. The van der Waals surface area contributed by atoms with Gasteiger partial charge in [0.15, 0.2) is 0 Å². The average Bonchev–Trinajstić information content (AvgIpc) is 2.38. The normalized spacial score (nSPS) is 33.3. The first-order valence-electron chi connectivity index (χ1n) is 7.44. The molecule has 19 heavy (non-hydrogen) atoms. The SMILES string of the molecule is CC(N)C1CCN(C2CCC(C(F)(F)F)CC2)CC1. The van der Waals surface area contributed by atoms with Gasteiger partial charge in [0.25, 0.3) is 0 Å². The molecular formula is C14H25F3N2. The standard InChI is InChI=1S/C14H25F3N2/c1-10(18)11-6-8-19(9-7-11)13-4-2-12(3-5-13)14(15,16)17/h10-13H,2-9,18H2,1H3. The highest BCUT2D eigenvalue weighted by molar-refractivity contribution is 4.86. The smallest absolute Gasteiger partial charge is 0.328 e. The van der Waals surface area contributed by atoms with E-state index in [9.17, 15) is 13.2 Å². The molecule has 1 saturated heterocycles. The Kier molecular flexibility index (Phi) is 4.77. The van der Waals surface area contributed by atoms with E-state index in [0.717, 1.165) is 25.9 Å². The van der Waals surface area contributed by atoms with Crippen LogP contribution < -0.4 is 5.73 Å². The van der Waals surface area contributed by atoms with E-state index < -0.39 is 12.1 Å². The van der Waals surface area contributed by atoms with Gasteiger partial charge in [-0.25, -0.2) is 0 Å². The molecule has 1 unspecified atom stereocenters. The van der Waals surface area contributed by atoms with Gasteiger partial charge >= 0.3 is 6.18 Å². The lowest BCUT2D eigenvalue weighted by Crippen LogP contribution is -2.46. The third kappa shape index (κ3) is 3.85. The van der Waals surface area contributed by atoms with Crippen LogP contribution in [0.5, 0.6) is 0 Å². The Hall–Kier alpha value is -0.290. The lowest BCUT2D eigenvalue weighted by Gasteiger charge is -2.41. The average molecular weight is 278 g/mol. The van der Waals surface area contributed by atoms with Crippen molar-refractivity contribution >= 4 is 0 Å². The van der Waals surface area contributed by atoms with Crippen LogP contribution >= 0.6 is 0 Å². The van der Waals surface area contributed by atoms with E-state index in [1.54, 1.807) is 0 Å². The van der Waals surface area contributed by atoms with Crippen molar-refractivity contribution < 1.29 is 13.2 Å². The molecule has 0 aromatic carbocycles. The zero-order chi connectivity index (χ0) is 14.0. The van der Waals surface area contributed by atoms with Gasteiger partial charge in [-0.2, -0.15) is 13.2 Å². The molecule has 2 rings (SSSR count). The van der Waals surface area contributed by atoms with Crippen molar-refractivity contribution in [1.82, 2.24) is 4.90 Å². The Bertz CT molecular complexity index is 275. The monoisotopic (exact) mass is 278 g/mol. The molecule has 0 amide bonds. The van der Waals surface area contributed by atoms with Gasteiger partial charge in [0.1, 0.15) is 0 Å². The molecule has 2 fully saturated rings. The number of halogens is 3. The Labute approximate surface area is 113 Å². The molecule has 0 spiro atoms. The first-order valence-corrected chi connectivity index (χ1v) is 7.44. The van der Waals surface area contributed by atoms with Crippen LogP contribution in [0.1, 0.15) is 45.4 Å². The maximum Gasteiger partial charge on any atom is 0.391 e. The van der Waals surface area contributed by atoms with Gasteiger partial charge in [-0.3, -0.25) is 0 Å². The molecule has 2 nitrogen and oxygen atoms in total. The van der Waals surface area contributed by atoms with Crippen LogP contribution in [0.15, 0.2) is 0 Å². The lowest BCUT2D eigenvalue weighted by molar-refractivity contribution is -0.184. The van der Waals surface area contributed by atoms with E-state index in [4.69, 9.17) is 5.73 Å². The minimum absolute atomic E-state index is 0.239. The number of alkyl halides is 3. The minimum atomic E-state index is -3.99. The second-order valence-electron chi connectivity index (χ2n) is 6.28. The maximum absolute atomic E-state index is 12.6. The predicted octanol–water partition coefficient (Wildman–Crippen LogP) is 3.17. The summed E-state index contributed by atoms with van der Waals surface area (Å²) < 4.78 is 37.9. The molecule has 1 heterocycles. The Morgan fingerprint density at radius 1 is 1.00 bits per heavy atom. The summed E-state index contributed by atoms with van der Waals surface area (Å²) in [4.78, 5) is 2.39. The Morgan fingerprint density at radius 3 is 1.95 bits per heavy atom. The van der Waals surface area contributed by atoms with Crippen molar-refractivity contribution in [3.63, 3.8) is 0 Å². The van der Waals surface area contributed by atoms with Gasteiger partial charge in [-0.05, 0) is 64.5 Å². The fourth-order valence-corrected chi connectivity index (χ4v) is 3.58. The Balaban J connectivity index is 1.77. The van der Waals surface area contributed by atoms with Gasteiger partial charge in [-0.1, -0.05) is 0 Å². The first kappa shape index (κ1) is 15.1. The number of rotatable bonds is 2. The summed E-state index contributed by atoms with van der Waals surface area (Å²) in [5.41, 5.74) is 5.91. The highest BCUT2D eigenvalue weighted by Crippen LogP contribution is 2.39. The van der Waals surface area contributed by atoms with Crippen LogP contribution in [0.2, 0.25) is 0 Å². The third-order valence-corrected chi connectivity index (χ3v) is 4.99. The van der Waals surface area contributed by atoms with Crippen molar-refractivity contribution in [2.24, 2.45) is 17.6 Å². The third-order valence-electron chi connectivity index (χ3n) is 4.99. The Morgan fingerprint density at radius 2 is 1.53 bits per heavy atom. The van der Waals surface area contributed by atoms with Crippen LogP contribution in [-0.2, 0) is 0 Å². The van der Waals surface area contributed by atoms with Gasteiger partial charge in [-0.15, -0.1) is 0 Å². The number of nitrogens with two attached hydrogens (primary N) is 1. The van der Waals surface area contributed by atoms with Crippen molar-refractivity contribution in [2.75, 3.05) is 13.1 Å². The molecule has 1 saturated carbocycles. The van der Waals surface area contributed by atoms with Gasteiger partial charge in [0, 0.05) is 12.1 Å². The number of likely N-dealkylation sites (tertiary alicyclic amines) is 1. The summed E-state index contributed by atoms with van der Waals surface area (Å²) in [5, 5.41) is 0. The number of piperidine rings is 1. The van der Waals surface area contributed by atoms with E-state index in [1.165, 1.54) is 0 Å². The largest absolute Gasteiger partial charge is 0.391 e. The molecule has 0 aromatic rings. The second kappa shape index (κ2) is 6.00. The van der Waals surface area contributed by atoms with E-state index in [-0.39, 0.29) is 6.04 Å². The van der Waals surface area contributed by atoms with E-state index in [1.807, 2.05) is 0 Å². The molecule has 2 aliphatic rings. The quantitative estimate of drug-likeness (QED) is 0.840. The summed E-state index contributed by atoms with van der Waals surface area (Å²) in [6, 6.07) is 0.607. The number of nitrogens with zero attached hydrogens (tertiary/aromatic N) is 1. The van der Waals surface area contributed by atoms with Crippen LogP contribution in [-0.4, -0.2) is 36.2 Å². The molecule has 1 aliphatic carbocycles. The van der Waals surface area contributed by atoms with E-state index >= 15 is 0 Å². The fourth-order valence-electron chi connectivity index (χ4n) is 3.58. The van der Waals surface area contributed by atoms with Crippen molar-refractivity contribution in [1.29, 1.82) is 0 Å². The fraction of sp³-hybridized carbons (Fsp3) is 1.00. The first-order chi connectivity index (χ1) is 8.88. The molecule has 0 radical (unpaired) electrons. The number of hydrogen-bond acceptors (Lipinski definition) is 2. The van der Waals surface area contributed by atoms with E-state index in [2.05, 4.69) is 11.8 Å². The molecule has 2 N–H and O–H groups in total. The molecule has 5 heteroatoms.